The van der Waals surface area contributed by atoms with Crippen molar-refractivity contribution in [2.24, 2.45) is 0 Å². The van der Waals surface area contributed by atoms with Crippen molar-refractivity contribution in [1.82, 2.24) is 5.32 Å². The van der Waals surface area contributed by atoms with Crippen molar-refractivity contribution in [3.8, 4) is 6.07 Å². The lowest BCUT2D eigenvalue weighted by atomic mass is 10.1. The lowest BCUT2D eigenvalue weighted by Crippen LogP contribution is -2.10. The highest BCUT2D eigenvalue weighted by molar-refractivity contribution is 5.31. The Morgan fingerprint density at radius 2 is 1.79 bits per heavy atom. The summed E-state index contributed by atoms with van der Waals surface area (Å²) in [5.41, 5.74) is 1.99. The molecule has 1 rings (SSSR count). The van der Waals surface area contributed by atoms with Crippen molar-refractivity contribution in [2.75, 3.05) is 13.6 Å². The van der Waals surface area contributed by atoms with E-state index in [9.17, 15) is 0 Å². The largest absolute Gasteiger partial charge is 0.319 e. The van der Waals surface area contributed by atoms with Gasteiger partial charge in [-0.2, -0.15) is 5.26 Å². The molecule has 1 N–H and O–H groups in total. The molecule has 0 unspecified atom stereocenters. The quantitative estimate of drug-likeness (QED) is 0.794. The molecule has 0 aliphatic rings. The van der Waals surface area contributed by atoms with Crippen molar-refractivity contribution in [3.05, 3.63) is 35.4 Å². The Labute approximate surface area is 86.6 Å². The summed E-state index contributed by atoms with van der Waals surface area (Å²) < 4.78 is 0. The zero-order valence-electron chi connectivity index (χ0n) is 9.17. The molecule has 0 heterocycles. The van der Waals surface area contributed by atoms with Crippen molar-refractivity contribution >= 4 is 0 Å². The number of benzene rings is 1. The van der Waals surface area contributed by atoms with Gasteiger partial charge >= 0.3 is 0 Å². The SMILES string of the molecule is CC.CNCCc1ccc(C#N)cc1. The maximum Gasteiger partial charge on any atom is 0.0991 e. The molecule has 76 valence electrons. The first kappa shape index (κ1) is 12.7. The molecule has 2 nitrogen and oxygen atoms in total. The molecule has 0 bridgehead atoms. The minimum absolute atomic E-state index is 0.725. The van der Waals surface area contributed by atoms with E-state index in [0.717, 1.165) is 18.5 Å². The Bertz CT molecular complexity index is 269. The highest BCUT2D eigenvalue weighted by atomic mass is 14.8. The van der Waals surface area contributed by atoms with Crippen LogP contribution in [0.5, 0.6) is 0 Å². The Morgan fingerprint density at radius 3 is 2.21 bits per heavy atom. The van der Waals surface area contributed by atoms with Crippen molar-refractivity contribution < 1.29 is 0 Å². The van der Waals surface area contributed by atoms with Gasteiger partial charge in [0.25, 0.3) is 0 Å². The van der Waals surface area contributed by atoms with E-state index in [-0.39, 0.29) is 0 Å². The molecule has 0 saturated carbocycles. The van der Waals surface area contributed by atoms with E-state index in [0.29, 0.717) is 0 Å². The fourth-order valence-electron chi connectivity index (χ4n) is 1.02. The zero-order chi connectivity index (χ0) is 10.8. The van der Waals surface area contributed by atoms with Crippen LogP contribution in [0.3, 0.4) is 0 Å². The van der Waals surface area contributed by atoms with Gasteiger partial charge in [-0.3, -0.25) is 0 Å². The maximum absolute atomic E-state index is 8.54. The first-order valence-electron chi connectivity index (χ1n) is 5.00. The van der Waals surface area contributed by atoms with Crippen molar-refractivity contribution in [1.29, 1.82) is 5.26 Å². The molecular formula is C12H18N2. The summed E-state index contributed by atoms with van der Waals surface area (Å²) in [4.78, 5) is 0. The van der Waals surface area contributed by atoms with E-state index in [4.69, 9.17) is 5.26 Å². The molecular weight excluding hydrogens is 172 g/mol. The first-order valence-corrected chi connectivity index (χ1v) is 5.00. The van der Waals surface area contributed by atoms with Gasteiger partial charge in [-0.25, -0.2) is 0 Å². The molecule has 0 spiro atoms. The van der Waals surface area contributed by atoms with Crippen molar-refractivity contribution in [2.45, 2.75) is 20.3 Å². The third-order valence-corrected chi connectivity index (χ3v) is 1.75. The van der Waals surface area contributed by atoms with Crippen LogP contribution in [0, 0.1) is 11.3 Å². The third kappa shape index (κ3) is 4.64. The number of hydrogen-bond acceptors (Lipinski definition) is 2. The summed E-state index contributed by atoms with van der Waals surface area (Å²) in [6.07, 6.45) is 1.02. The monoisotopic (exact) mass is 190 g/mol. The summed E-state index contributed by atoms with van der Waals surface area (Å²) in [6.45, 7) is 4.98. The predicted molar refractivity (Wildman–Crippen MR) is 60.1 cm³/mol. The summed E-state index contributed by atoms with van der Waals surface area (Å²) in [5.74, 6) is 0. The number of rotatable bonds is 3. The number of nitrogens with one attached hydrogen (secondary N) is 1. The Kier molecular flexibility index (Phi) is 7.49. The molecule has 0 aliphatic heterocycles. The average Bonchev–Trinajstić information content (AvgIpc) is 2.30. The van der Waals surface area contributed by atoms with Gasteiger partial charge in [-0.1, -0.05) is 26.0 Å². The lowest BCUT2D eigenvalue weighted by molar-refractivity contribution is 0.792. The maximum atomic E-state index is 8.54. The van der Waals surface area contributed by atoms with E-state index in [1.807, 2.05) is 45.2 Å². The minimum Gasteiger partial charge on any atom is -0.319 e. The molecule has 0 aliphatic carbocycles. The molecule has 0 atom stereocenters. The van der Waals surface area contributed by atoms with Gasteiger partial charge in [-0.15, -0.1) is 0 Å². The Morgan fingerprint density at radius 1 is 1.21 bits per heavy atom. The number of hydrogen-bond donors (Lipinski definition) is 1. The summed E-state index contributed by atoms with van der Waals surface area (Å²) in [7, 11) is 1.93. The summed E-state index contributed by atoms with van der Waals surface area (Å²) in [6, 6.07) is 9.79. The predicted octanol–water partition coefficient (Wildman–Crippen LogP) is 2.35. The van der Waals surface area contributed by atoms with Gasteiger partial charge in [-0.05, 0) is 37.7 Å². The van der Waals surface area contributed by atoms with Crippen LogP contribution in [-0.4, -0.2) is 13.6 Å². The molecule has 1 aromatic rings. The van der Waals surface area contributed by atoms with Gasteiger partial charge in [0, 0.05) is 0 Å². The standard InChI is InChI=1S/C10H12N2.C2H6/c1-12-7-6-9-2-4-10(8-11)5-3-9;1-2/h2-5,12H,6-7H2,1H3;1-2H3. The molecule has 14 heavy (non-hydrogen) atoms. The first-order chi connectivity index (χ1) is 6.86. The van der Waals surface area contributed by atoms with E-state index in [2.05, 4.69) is 11.4 Å². The highest BCUT2D eigenvalue weighted by Gasteiger charge is 1.92. The van der Waals surface area contributed by atoms with Crippen molar-refractivity contribution in [3.63, 3.8) is 0 Å². The van der Waals surface area contributed by atoms with Crippen LogP contribution in [-0.2, 0) is 6.42 Å². The number of nitrogens with zero attached hydrogens (tertiary/aromatic N) is 1. The second kappa shape index (κ2) is 8.28. The molecule has 0 radical (unpaired) electrons. The van der Waals surface area contributed by atoms with E-state index < -0.39 is 0 Å². The fourth-order valence-corrected chi connectivity index (χ4v) is 1.02. The van der Waals surface area contributed by atoms with Gasteiger partial charge < -0.3 is 5.32 Å². The van der Waals surface area contributed by atoms with Crippen LogP contribution < -0.4 is 5.32 Å². The molecule has 2 heteroatoms. The van der Waals surface area contributed by atoms with Crippen LogP contribution in [0.2, 0.25) is 0 Å². The van der Waals surface area contributed by atoms with E-state index in [1.54, 1.807) is 0 Å². The molecule has 0 aromatic heterocycles. The fraction of sp³-hybridized carbons (Fsp3) is 0.417. The van der Waals surface area contributed by atoms with Gasteiger partial charge in [0.05, 0.1) is 11.6 Å². The smallest absolute Gasteiger partial charge is 0.0991 e. The third-order valence-electron chi connectivity index (χ3n) is 1.75. The van der Waals surface area contributed by atoms with E-state index in [1.165, 1.54) is 5.56 Å². The van der Waals surface area contributed by atoms with E-state index >= 15 is 0 Å². The second-order valence-corrected chi connectivity index (χ2v) is 2.66. The minimum atomic E-state index is 0.725. The van der Waals surface area contributed by atoms with Crippen LogP contribution in [0.4, 0.5) is 0 Å². The summed E-state index contributed by atoms with van der Waals surface area (Å²) in [5, 5.41) is 11.6. The lowest BCUT2D eigenvalue weighted by Gasteiger charge is -1.99. The topological polar surface area (TPSA) is 35.8 Å². The number of likely N-dealkylation sites (N-methyl/N-ethyl adjacent to an activating group) is 1. The highest BCUT2D eigenvalue weighted by Crippen LogP contribution is 2.03. The van der Waals surface area contributed by atoms with Crippen LogP contribution in [0.1, 0.15) is 25.0 Å². The van der Waals surface area contributed by atoms with Gasteiger partial charge in [0.15, 0.2) is 0 Å². The van der Waals surface area contributed by atoms with Crippen LogP contribution >= 0.6 is 0 Å². The number of nitriles is 1. The molecule has 0 amide bonds. The van der Waals surface area contributed by atoms with Crippen LogP contribution in [0.15, 0.2) is 24.3 Å². The average molecular weight is 190 g/mol. The molecule has 1 aromatic carbocycles. The molecule has 0 saturated heterocycles. The zero-order valence-corrected chi connectivity index (χ0v) is 9.17. The normalized spacial score (nSPS) is 8.43. The molecule has 0 fully saturated rings. The van der Waals surface area contributed by atoms with Gasteiger partial charge in [0.1, 0.15) is 0 Å². The van der Waals surface area contributed by atoms with Crippen LogP contribution in [0.25, 0.3) is 0 Å². The Hall–Kier alpha value is -1.33. The summed E-state index contributed by atoms with van der Waals surface area (Å²) >= 11 is 0. The van der Waals surface area contributed by atoms with Gasteiger partial charge in [0.2, 0.25) is 0 Å². The second-order valence-electron chi connectivity index (χ2n) is 2.66. The Balaban J connectivity index is 0.000000791.